The molecule has 0 heterocycles. The Kier molecular flexibility index (Phi) is 2.70. The number of nitrogens with zero attached hydrogens (tertiary/aromatic N) is 1. The number of hydrogen-bond acceptors (Lipinski definition) is 2. The topological polar surface area (TPSA) is 35.8 Å². The molecule has 17 heavy (non-hydrogen) atoms. The van der Waals surface area contributed by atoms with Crippen molar-refractivity contribution >= 4 is 0 Å². The second-order valence-electron chi connectivity index (χ2n) is 7.06. The normalized spacial score (nSPS) is 47.4. The van der Waals surface area contributed by atoms with Crippen LogP contribution in [-0.4, -0.2) is 12.1 Å². The zero-order chi connectivity index (χ0) is 12.0. The first-order valence-corrected chi connectivity index (χ1v) is 7.30. The van der Waals surface area contributed by atoms with Crippen LogP contribution >= 0.6 is 0 Å². The lowest BCUT2D eigenvalue weighted by atomic mass is 9.49. The van der Waals surface area contributed by atoms with Gasteiger partial charge in [-0.15, -0.1) is 0 Å². The highest BCUT2D eigenvalue weighted by Crippen LogP contribution is 2.58. The summed E-state index contributed by atoms with van der Waals surface area (Å²) in [5.74, 6) is 3.81. The van der Waals surface area contributed by atoms with E-state index in [1.807, 2.05) is 0 Å². The van der Waals surface area contributed by atoms with Crippen molar-refractivity contribution in [3.05, 3.63) is 0 Å². The standard InChI is InChI=1S/C15H24N2/c1-10(2)8-17-15(9-16)13-4-11-3-12(6-13)7-14(15)5-11/h10-14,17H,3-8H2,1-2H3. The second-order valence-corrected chi connectivity index (χ2v) is 7.06. The molecule has 0 unspecified atom stereocenters. The summed E-state index contributed by atoms with van der Waals surface area (Å²) in [6.45, 7) is 5.46. The number of nitrogens with one attached hydrogen (secondary N) is 1. The Hall–Kier alpha value is -0.550. The van der Waals surface area contributed by atoms with Crippen LogP contribution < -0.4 is 5.32 Å². The van der Waals surface area contributed by atoms with E-state index >= 15 is 0 Å². The van der Waals surface area contributed by atoms with E-state index in [9.17, 15) is 5.26 Å². The second kappa shape index (κ2) is 3.99. The predicted molar refractivity (Wildman–Crippen MR) is 68.2 cm³/mol. The van der Waals surface area contributed by atoms with E-state index in [2.05, 4.69) is 25.2 Å². The molecule has 1 N–H and O–H groups in total. The summed E-state index contributed by atoms with van der Waals surface area (Å²) in [6, 6.07) is 2.70. The minimum atomic E-state index is -0.169. The quantitative estimate of drug-likeness (QED) is 0.812. The molecular formula is C15H24N2. The van der Waals surface area contributed by atoms with Crippen LogP contribution in [0.3, 0.4) is 0 Å². The first-order chi connectivity index (χ1) is 8.14. The van der Waals surface area contributed by atoms with Gasteiger partial charge in [-0.3, -0.25) is 5.32 Å². The van der Waals surface area contributed by atoms with Gasteiger partial charge in [-0.1, -0.05) is 13.8 Å². The van der Waals surface area contributed by atoms with E-state index in [0.717, 1.165) is 18.4 Å². The van der Waals surface area contributed by atoms with Crippen molar-refractivity contribution in [2.24, 2.45) is 29.6 Å². The van der Waals surface area contributed by atoms with Crippen LogP contribution in [0.5, 0.6) is 0 Å². The van der Waals surface area contributed by atoms with Crippen molar-refractivity contribution in [3.63, 3.8) is 0 Å². The largest absolute Gasteiger partial charge is 0.299 e. The first kappa shape index (κ1) is 11.5. The molecule has 0 amide bonds. The average molecular weight is 232 g/mol. The van der Waals surface area contributed by atoms with Crippen molar-refractivity contribution in [3.8, 4) is 6.07 Å². The molecule has 0 saturated heterocycles. The third kappa shape index (κ3) is 1.71. The Morgan fingerprint density at radius 2 is 1.65 bits per heavy atom. The van der Waals surface area contributed by atoms with Crippen molar-refractivity contribution in [2.75, 3.05) is 6.54 Å². The fourth-order valence-electron chi connectivity index (χ4n) is 4.81. The molecule has 0 aromatic carbocycles. The van der Waals surface area contributed by atoms with Crippen LogP contribution in [0.1, 0.15) is 46.0 Å². The Labute approximate surface area is 105 Å². The van der Waals surface area contributed by atoms with Crippen molar-refractivity contribution in [1.29, 1.82) is 5.26 Å². The van der Waals surface area contributed by atoms with Gasteiger partial charge in [0.05, 0.1) is 6.07 Å². The Morgan fingerprint density at radius 1 is 1.12 bits per heavy atom. The lowest BCUT2D eigenvalue weighted by Gasteiger charge is -2.58. The van der Waals surface area contributed by atoms with E-state index in [0.29, 0.717) is 17.8 Å². The van der Waals surface area contributed by atoms with Crippen LogP contribution in [0.2, 0.25) is 0 Å². The molecule has 4 fully saturated rings. The maximum atomic E-state index is 9.75. The summed E-state index contributed by atoms with van der Waals surface area (Å²) in [5.41, 5.74) is -0.169. The molecule has 0 atom stereocenters. The summed E-state index contributed by atoms with van der Waals surface area (Å²) in [5, 5.41) is 13.4. The van der Waals surface area contributed by atoms with E-state index < -0.39 is 0 Å². The molecular weight excluding hydrogens is 208 g/mol. The van der Waals surface area contributed by atoms with Gasteiger partial charge >= 0.3 is 0 Å². The van der Waals surface area contributed by atoms with Gasteiger partial charge < -0.3 is 0 Å². The van der Waals surface area contributed by atoms with Gasteiger partial charge in [0.15, 0.2) is 0 Å². The fraction of sp³-hybridized carbons (Fsp3) is 0.933. The maximum absolute atomic E-state index is 9.75. The molecule has 4 bridgehead atoms. The number of nitriles is 1. The predicted octanol–water partition coefficient (Wildman–Crippen LogP) is 2.95. The highest BCUT2D eigenvalue weighted by atomic mass is 15.0. The summed E-state index contributed by atoms with van der Waals surface area (Å²) >= 11 is 0. The molecule has 0 spiro atoms. The van der Waals surface area contributed by atoms with Crippen LogP contribution in [0.25, 0.3) is 0 Å². The van der Waals surface area contributed by atoms with E-state index in [1.165, 1.54) is 32.1 Å². The van der Waals surface area contributed by atoms with Gasteiger partial charge in [0.2, 0.25) is 0 Å². The van der Waals surface area contributed by atoms with Crippen molar-refractivity contribution in [1.82, 2.24) is 5.32 Å². The molecule has 0 aliphatic heterocycles. The lowest BCUT2D eigenvalue weighted by molar-refractivity contribution is -0.0474. The van der Waals surface area contributed by atoms with Gasteiger partial charge in [-0.05, 0) is 68.2 Å². The molecule has 2 nitrogen and oxygen atoms in total. The minimum Gasteiger partial charge on any atom is -0.299 e. The Morgan fingerprint density at radius 3 is 2.06 bits per heavy atom. The molecule has 94 valence electrons. The zero-order valence-corrected chi connectivity index (χ0v) is 11.1. The average Bonchev–Trinajstić information content (AvgIpc) is 2.28. The van der Waals surface area contributed by atoms with Crippen LogP contribution in [0.4, 0.5) is 0 Å². The highest BCUT2D eigenvalue weighted by Gasteiger charge is 2.57. The molecule has 0 aromatic heterocycles. The first-order valence-electron chi connectivity index (χ1n) is 7.30. The van der Waals surface area contributed by atoms with Gasteiger partial charge in [0.1, 0.15) is 5.54 Å². The smallest absolute Gasteiger partial charge is 0.112 e. The molecule has 0 radical (unpaired) electrons. The van der Waals surface area contributed by atoms with Gasteiger partial charge in [0.25, 0.3) is 0 Å². The summed E-state index contributed by atoms with van der Waals surface area (Å²) in [6.07, 6.45) is 6.70. The van der Waals surface area contributed by atoms with Crippen molar-refractivity contribution in [2.45, 2.75) is 51.5 Å². The van der Waals surface area contributed by atoms with Gasteiger partial charge in [-0.25, -0.2) is 0 Å². The third-order valence-corrected chi connectivity index (χ3v) is 5.41. The maximum Gasteiger partial charge on any atom is 0.112 e. The molecule has 4 aliphatic carbocycles. The van der Waals surface area contributed by atoms with E-state index in [1.54, 1.807) is 0 Å². The van der Waals surface area contributed by atoms with Crippen LogP contribution in [0.15, 0.2) is 0 Å². The summed E-state index contributed by atoms with van der Waals surface area (Å²) in [7, 11) is 0. The summed E-state index contributed by atoms with van der Waals surface area (Å²) in [4.78, 5) is 0. The molecule has 4 saturated carbocycles. The molecule has 2 heteroatoms. The SMILES string of the molecule is CC(C)CNC1(C#N)C2CC3CC(C2)CC1C3. The summed E-state index contributed by atoms with van der Waals surface area (Å²) < 4.78 is 0. The van der Waals surface area contributed by atoms with Gasteiger partial charge in [-0.2, -0.15) is 5.26 Å². The Bertz CT molecular complexity index is 311. The lowest BCUT2D eigenvalue weighted by Crippen LogP contribution is -2.64. The molecule has 4 rings (SSSR count). The minimum absolute atomic E-state index is 0.169. The molecule has 0 aromatic rings. The van der Waals surface area contributed by atoms with E-state index in [4.69, 9.17) is 0 Å². The molecule has 4 aliphatic rings. The third-order valence-electron chi connectivity index (χ3n) is 5.41. The van der Waals surface area contributed by atoms with Crippen LogP contribution in [-0.2, 0) is 0 Å². The van der Waals surface area contributed by atoms with Gasteiger partial charge in [0, 0.05) is 0 Å². The number of hydrogen-bond donors (Lipinski definition) is 1. The fourth-order valence-corrected chi connectivity index (χ4v) is 4.81. The zero-order valence-electron chi connectivity index (χ0n) is 11.1. The van der Waals surface area contributed by atoms with Crippen molar-refractivity contribution < 1.29 is 0 Å². The highest BCUT2D eigenvalue weighted by molar-refractivity contribution is 5.21. The van der Waals surface area contributed by atoms with E-state index in [-0.39, 0.29) is 5.54 Å². The Balaban J connectivity index is 1.82. The van der Waals surface area contributed by atoms with Crippen LogP contribution in [0, 0.1) is 40.9 Å². The number of rotatable bonds is 3. The monoisotopic (exact) mass is 232 g/mol.